The van der Waals surface area contributed by atoms with Crippen LogP contribution in [0.1, 0.15) is 18.4 Å². The molecule has 5 nitrogen and oxygen atoms in total. The molecule has 1 fully saturated rings. The first-order valence-corrected chi connectivity index (χ1v) is 7.72. The van der Waals surface area contributed by atoms with Crippen LogP contribution >= 0.6 is 0 Å². The number of nitrogens with two attached hydrogens (primary N) is 1. The number of alkyl halides is 3. The summed E-state index contributed by atoms with van der Waals surface area (Å²) in [6, 6.07) is 5.47. The van der Waals surface area contributed by atoms with E-state index < -0.39 is 24.2 Å². The highest BCUT2D eigenvalue weighted by Crippen LogP contribution is 2.24. The van der Waals surface area contributed by atoms with Gasteiger partial charge in [-0.05, 0) is 18.4 Å². The van der Waals surface area contributed by atoms with Crippen LogP contribution in [-0.4, -0.2) is 42.1 Å². The van der Waals surface area contributed by atoms with Crippen LogP contribution in [0.4, 0.5) is 18.0 Å². The van der Waals surface area contributed by atoms with E-state index in [-0.39, 0.29) is 25.4 Å². The van der Waals surface area contributed by atoms with Crippen molar-refractivity contribution in [2.45, 2.75) is 31.5 Å². The molecule has 1 aliphatic rings. The fraction of sp³-hybridized carbons (Fsp3) is 0.500. The maximum atomic E-state index is 13.2. The number of nitrogens with one attached hydrogen (secondary N) is 1. The minimum absolute atomic E-state index is 0.218. The third-order valence-corrected chi connectivity index (χ3v) is 4.16. The maximum Gasteiger partial charge on any atom is 0.408 e. The zero-order chi connectivity index (χ0) is 17.7. The van der Waals surface area contributed by atoms with Crippen LogP contribution in [0.25, 0.3) is 0 Å². The van der Waals surface area contributed by atoms with Gasteiger partial charge in [0.1, 0.15) is 6.04 Å². The molecule has 1 atom stereocenters. The lowest BCUT2D eigenvalue weighted by Crippen LogP contribution is -2.53. The summed E-state index contributed by atoms with van der Waals surface area (Å²) in [6.07, 6.45) is -4.12. The highest BCUT2D eigenvalue weighted by molar-refractivity contribution is 5.78. The van der Waals surface area contributed by atoms with Gasteiger partial charge >= 0.3 is 12.2 Å². The molecular weight excluding hydrogens is 323 g/mol. The topological polar surface area (TPSA) is 75.4 Å². The van der Waals surface area contributed by atoms with Gasteiger partial charge in [0.15, 0.2) is 0 Å². The minimum Gasteiger partial charge on any atom is -0.369 e. The Bertz CT molecular complexity index is 570. The van der Waals surface area contributed by atoms with Crippen molar-refractivity contribution in [2.24, 2.45) is 11.7 Å². The quantitative estimate of drug-likeness (QED) is 0.878. The molecule has 1 aromatic rings. The number of rotatable bonds is 4. The third kappa shape index (κ3) is 4.87. The summed E-state index contributed by atoms with van der Waals surface area (Å²) in [4.78, 5) is 24.5. The average molecular weight is 343 g/mol. The largest absolute Gasteiger partial charge is 0.408 e. The minimum atomic E-state index is -4.54. The Labute approximate surface area is 138 Å². The molecule has 0 aliphatic carbocycles. The highest BCUT2D eigenvalue weighted by atomic mass is 19.4. The molecule has 132 valence electrons. The molecule has 0 unspecified atom stereocenters. The van der Waals surface area contributed by atoms with E-state index in [9.17, 15) is 22.8 Å². The molecule has 0 radical (unpaired) electrons. The van der Waals surface area contributed by atoms with Crippen LogP contribution < -0.4 is 11.1 Å². The molecule has 1 saturated heterocycles. The van der Waals surface area contributed by atoms with E-state index in [1.165, 1.54) is 4.90 Å². The standard InChI is InChI=1S/C16H20F3N3O2/c17-16(18,19)13(10-11-4-2-1-3-5-11)21-15(24)22-8-6-12(7-9-22)14(20)23/h1-5,12-13H,6-10H2,(H2,20,23)(H,21,24)/t13-/m0/s1. The first kappa shape index (κ1) is 18.1. The van der Waals surface area contributed by atoms with Crippen molar-refractivity contribution in [1.82, 2.24) is 10.2 Å². The zero-order valence-corrected chi connectivity index (χ0v) is 13.1. The highest BCUT2D eigenvalue weighted by Gasteiger charge is 2.41. The number of hydrogen-bond donors (Lipinski definition) is 2. The molecule has 0 bridgehead atoms. The van der Waals surface area contributed by atoms with Crippen LogP contribution in [0, 0.1) is 5.92 Å². The van der Waals surface area contributed by atoms with Gasteiger partial charge in [-0.2, -0.15) is 13.2 Å². The Morgan fingerprint density at radius 3 is 2.29 bits per heavy atom. The predicted octanol–water partition coefficient (Wildman–Crippen LogP) is 2.07. The summed E-state index contributed by atoms with van der Waals surface area (Å²) in [5.41, 5.74) is 5.70. The van der Waals surface area contributed by atoms with Crippen molar-refractivity contribution in [3.63, 3.8) is 0 Å². The molecule has 8 heteroatoms. The Morgan fingerprint density at radius 1 is 1.21 bits per heavy atom. The van der Waals surface area contributed by atoms with E-state index in [1.807, 2.05) is 0 Å². The third-order valence-electron chi connectivity index (χ3n) is 4.16. The van der Waals surface area contributed by atoms with Crippen LogP contribution in [0.2, 0.25) is 0 Å². The predicted molar refractivity (Wildman–Crippen MR) is 82.0 cm³/mol. The Kier molecular flexibility index (Phi) is 5.69. The van der Waals surface area contributed by atoms with E-state index in [1.54, 1.807) is 30.3 Å². The second-order valence-electron chi connectivity index (χ2n) is 5.90. The van der Waals surface area contributed by atoms with E-state index in [0.29, 0.717) is 18.4 Å². The molecule has 3 amide bonds. The number of nitrogens with zero attached hydrogens (tertiary/aromatic N) is 1. The average Bonchev–Trinajstić information content (AvgIpc) is 2.54. The smallest absolute Gasteiger partial charge is 0.369 e. The fourth-order valence-corrected chi connectivity index (χ4v) is 2.71. The van der Waals surface area contributed by atoms with Crippen molar-refractivity contribution < 1.29 is 22.8 Å². The van der Waals surface area contributed by atoms with E-state index in [0.717, 1.165) is 0 Å². The van der Waals surface area contributed by atoms with Gasteiger partial charge in [-0.1, -0.05) is 30.3 Å². The maximum absolute atomic E-state index is 13.2. The molecule has 3 N–H and O–H groups in total. The lowest BCUT2D eigenvalue weighted by Gasteiger charge is -2.32. The first-order chi connectivity index (χ1) is 11.3. The van der Waals surface area contributed by atoms with Gasteiger partial charge in [0.2, 0.25) is 5.91 Å². The molecule has 1 heterocycles. The van der Waals surface area contributed by atoms with Crippen LogP contribution in [0.15, 0.2) is 30.3 Å². The van der Waals surface area contributed by atoms with E-state index in [2.05, 4.69) is 5.32 Å². The molecular formula is C16H20F3N3O2. The van der Waals surface area contributed by atoms with Gasteiger partial charge in [0, 0.05) is 25.4 Å². The van der Waals surface area contributed by atoms with Gasteiger partial charge in [-0.3, -0.25) is 4.79 Å². The van der Waals surface area contributed by atoms with E-state index >= 15 is 0 Å². The molecule has 0 saturated carbocycles. The van der Waals surface area contributed by atoms with Gasteiger partial charge in [-0.25, -0.2) is 4.79 Å². The van der Waals surface area contributed by atoms with Crippen LogP contribution in [0.5, 0.6) is 0 Å². The lowest BCUT2D eigenvalue weighted by molar-refractivity contribution is -0.153. The van der Waals surface area contributed by atoms with Gasteiger partial charge in [0.25, 0.3) is 0 Å². The Morgan fingerprint density at radius 2 is 1.79 bits per heavy atom. The summed E-state index contributed by atoms with van der Waals surface area (Å²) < 4.78 is 39.6. The van der Waals surface area contributed by atoms with Crippen molar-refractivity contribution in [3.8, 4) is 0 Å². The Hall–Kier alpha value is -2.25. The van der Waals surface area contributed by atoms with Crippen molar-refractivity contribution in [2.75, 3.05) is 13.1 Å². The second-order valence-corrected chi connectivity index (χ2v) is 5.90. The normalized spacial score (nSPS) is 17.4. The zero-order valence-electron chi connectivity index (χ0n) is 13.1. The van der Waals surface area contributed by atoms with Gasteiger partial charge in [0.05, 0.1) is 0 Å². The van der Waals surface area contributed by atoms with E-state index in [4.69, 9.17) is 5.73 Å². The number of hydrogen-bond acceptors (Lipinski definition) is 2. The van der Waals surface area contributed by atoms with Crippen molar-refractivity contribution in [1.29, 1.82) is 0 Å². The van der Waals surface area contributed by atoms with Gasteiger partial charge < -0.3 is 16.0 Å². The SMILES string of the molecule is NC(=O)C1CCN(C(=O)N[C@@H](Cc2ccccc2)C(F)(F)F)CC1. The fourth-order valence-electron chi connectivity index (χ4n) is 2.71. The van der Waals surface area contributed by atoms with Gasteiger partial charge in [-0.15, -0.1) is 0 Å². The number of halogens is 3. The number of piperidine rings is 1. The summed E-state index contributed by atoms with van der Waals surface area (Å²) in [5.74, 6) is -0.760. The molecule has 24 heavy (non-hydrogen) atoms. The number of amides is 3. The summed E-state index contributed by atoms with van der Waals surface area (Å²) in [5, 5.41) is 2.07. The van der Waals surface area contributed by atoms with Crippen molar-refractivity contribution >= 4 is 11.9 Å². The molecule has 1 aliphatic heterocycles. The molecule has 2 rings (SSSR count). The summed E-state index contributed by atoms with van der Waals surface area (Å²) in [7, 11) is 0. The Balaban J connectivity index is 1.97. The molecule has 1 aromatic carbocycles. The lowest BCUT2D eigenvalue weighted by atomic mass is 9.96. The first-order valence-electron chi connectivity index (χ1n) is 7.72. The number of carbonyl (C=O) groups excluding carboxylic acids is 2. The number of carbonyl (C=O) groups is 2. The van der Waals surface area contributed by atoms with Crippen LogP contribution in [0.3, 0.4) is 0 Å². The van der Waals surface area contributed by atoms with Crippen LogP contribution in [-0.2, 0) is 11.2 Å². The number of urea groups is 1. The summed E-state index contributed by atoms with van der Waals surface area (Å²) in [6.45, 7) is 0.435. The number of likely N-dealkylation sites (tertiary alicyclic amines) is 1. The summed E-state index contributed by atoms with van der Waals surface area (Å²) >= 11 is 0. The van der Waals surface area contributed by atoms with Crippen molar-refractivity contribution in [3.05, 3.63) is 35.9 Å². The number of benzene rings is 1. The number of primary amides is 1. The molecule has 0 aromatic heterocycles. The monoisotopic (exact) mass is 343 g/mol. The second kappa shape index (κ2) is 7.55. The molecule has 0 spiro atoms.